The summed E-state index contributed by atoms with van der Waals surface area (Å²) in [4.78, 5) is 11.8. The highest BCUT2D eigenvalue weighted by Gasteiger charge is 2.10. The zero-order chi connectivity index (χ0) is 18.2. The summed E-state index contributed by atoms with van der Waals surface area (Å²) in [5.74, 6) is 0.0291. The summed E-state index contributed by atoms with van der Waals surface area (Å²) in [6.07, 6.45) is 3.59. The van der Waals surface area contributed by atoms with Gasteiger partial charge in [-0.2, -0.15) is 0 Å². The van der Waals surface area contributed by atoms with Crippen molar-refractivity contribution in [3.8, 4) is 17.2 Å². The van der Waals surface area contributed by atoms with Crippen LogP contribution in [-0.2, 0) is 16.0 Å². The third kappa shape index (κ3) is 5.01. The van der Waals surface area contributed by atoms with E-state index in [-0.39, 0.29) is 17.2 Å². The van der Waals surface area contributed by atoms with Crippen LogP contribution >= 0.6 is 0 Å². The van der Waals surface area contributed by atoms with Gasteiger partial charge in [0.15, 0.2) is 11.5 Å². The number of phenols is 1. The SMILES string of the molecule is COc1cc(/C=C/C(=O)OCCc2ccccc2C)cc(OC)c1O. The average Bonchev–Trinajstić information content (AvgIpc) is 2.62. The molecular weight excluding hydrogens is 320 g/mol. The molecule has 0 aromatic heterocycles. The van der Waals surface area contributed by atoms with Gasteiger partial charge in [-0.05, 0) is 41.8 Å². The van der Waals surface area contributed by atoms with E-state index in [2.05, 4.69) is 0 Å². The second-order valence-electron chi connectivity index (χ2n) is 5.45. The molecule has 0 aliphatic carbocycles. The van der Waals surface area contributed by atoms with Gasteiger partial charge in [-0.25, -0.2) is 4.79 Å². The summed E-state index contributed by atoms with van der Waals surface area (Å²) in [7, 11) is 2.89. The van der Waals surface area contributed by atoms with Crippen molar-refractivity contribution in [2.75, 3.05) is 20.8 Å². The highest BCUT2D eigenvalue weighted by Crippen LogP contribution is 2.37. The normalized spacial score (nSPS) is 10.7. The Balaban J connectivity index is 1.95. The van der Waals surface area contributed by atoms with Crippen molar-refractivity contribution < 1.29 is 24.1 Å². The first kappa shape index (κ1) is 18.4. The summed E-state index contributed by atoms with van der Waals surface area (Å²) in [5, 5.41) is 9.87. The Bertz CT molecular complexity index is 739. The largest absolute Gasteiger partial charge is 0.502 e. The van der Waals surface area contributed by atoms with Crippen molar-refractivity contribution in [3.63, 3.8) is 0 Å². The van der Waals surface area contributed by atoms with Gasteiger partial charge in [0, 0.05) is 12.5 Å². The molecule has 0 bridgehead atoms. The number of rotatable bonds is 7. The predicted molar refractivity (Wildman–Crippen MR) is 96.1 cm³/mol. The Kier molecular flexibility index (Phi) is 6.46. The topological polar surface area (TPSA) is 65.0 Å². The molecule has 5 nitrogen and oxygen atoms in total. The summed E-state index contributed by atoms with van der Waals surface area (Å²) in [6, 6.07) is 11.2. The van der Waals surface area contributed by atoms with Crippen molar-refractivity contribution in [1.29, 1.82) is 0 Å². The monoisotopic (exact) mass is 342 g/mol. The number of benzene rings is 2. The maximum atomic E-state index is 11.8. The third-order valence-electron chi connectivity index (χ3n) is 3.79. The highest BCUT2D eigenvalue weighted by atomic mass is 16.5. The second kappa shape index (κ2) is 8.78. The fourth-order valence-electron chi connectivity index (χ4n) is 2.37. The van der Waals surface area contributed by atoms with Crippen molar-refractivity contribution in [2.24, 2.45) is 0 Å². The van der Waals surface area contributed by atoms with E-state index >= 15 is 0 Å². The lowest BCUT2D eigenvalue weighted by Crippen LogP contribution is -2.05. The van der Waals surface area contributed by atoms with Gasteiger partial charge in [0.25, 0.3) is 0 Å². The van der Waals surface area contributed by atoms with E-state index in [1.807, 2.05) is 31.2 Å². The zero-order valence-corrected chi connectivity index (χ0v) is 14.6. The van der Waals surface area contributed by atoms with E-state index in [1.165, 1.54) is 25.9 Å². The molecule has 0 fully saturated rings. The lowest BCUT2D eigenvalue weighted by atomic mass is 10.1. The van der Waals surface area contributed by atoms with E-state index in [0.717, 1.165) is 5.56 Å². The highest BCUT2D eigenvalue weighted by molar-refractivity contribution is 5.87. The first-order valence-corrected chi connectivity index (χ1v) is 7.89. The van der Waals surface area contributed by atoms with E-state index in [4.69, 9.17) is 14.2 Å². The molecule has 0 aliphatic heterocycles. The van der Waals surface area contributed by atoms with Crippen LogP contribution in [0.15, 0.2) is 42.5 Å². The van der Waals surface area contributed by atoms with Gasteiger partial charge in [0.05, 0.1) is 20.8 Å². The molecule has 2 aromatic rings. The van der Waals surface area contributed by atoms with Crippen LogP contribution in [0.3, 0.4) is 0 Å². The number of ether oxygens (including phenoxy) is 3. The number of phenolic OH excluding ortho intramolecular Hbond substituents is 1. The number of aryl methyl sites for hydroxylation is 1. The summed E-state index contributed by atoms with van der Waals surface area (Å²) in [5.41, 5.74) is 2.99. The molecule has 0 amide bonds. The molecular formula is C20H22O5. The first-order chi connectivity index (χ1) is 12.0. The molecule has 0 unspecified atom stereocenters. The molecule has 5 heteroatoms. The second-order valence-corrected chi connectivity index (χ2v) is 5.45. The number of carbonyl (C=O) groups is 1. The quantitative estimate of drug-likeness (QED) is 0.616. The lowest BCUT2D eigenvalue weighted by molar-refractivity contribution is -0.137. The molecule has 25 heavy (non-hydrogen) atoms. The molecule has 0 spiro atoms. The Labute approximate surface area is 147 Å². The Morgan fingerprint density at radius 2 is 1.76 bits per heavy atom. The minimum Gasteiger partial charge on any atom is -0.502 e. The molecule has 1 N–H and O–H groups in total. The Hall–Kier alpha value is -2.95. The van der Waals surface area contributed by atoms with E-state index < -0.39 is 5.97 Å². The van der Waals surface area contributed by atoms with Crippen LogP contribution in [0.25, 0.3) is 6.08 Å². The molecule has 2 aromatic carbocycles. The maximum absolute atomic E-state index is 11.8. The van der Waals surface area contributed by atoms with Gasteiger partial charge in [0.1, 0.15) is 0 Å². The smallest absolute Gasteiger partial charge is 0.330 e. The molecule has 0 saturated carbocycles. The first-order valence-electron chi connectivity index (χ1n) is 7.89. The lowest BCUT2D eigenvalue weighted by Gasteiger charge is -2.09. The third-order valence-corrected chi connectivity index (χ3v) is 3.79. The maximum Gasteiger partial charge on any atom is 0.330 e. The number of hydrogen-bond acceptors (Lipinski definition) is 5. The van der Waals surface area contributed by atoms with Gasteiger partial charge >= 0.3 is 5.97 Å². The van der Waals surface area contributed by atoms with Gasteiger partial charge in [-0.15, -0.1) is 0 Å². The minimum absolute atomic E-state index is 0.0806. The van der Waals surface area contributed by atoms with Crippen molar-refractivity contribution in [1.82, 2.24) is 0 Å². The van der Waals surface area contributed by atoms with Crippen LogP contribution in [0.1, 0.15) is 16.7 Å². The Morgan fingerprint density at radius 3 is 2.36 bits per heavy atom. The summed E-state index contributed by atoms with van der Waals surface area (Å²) >= 11 is 0. The van der Waals surface area contributed by atoms with Crippen LogP contribution in [-0.4, -0.2) is 31.9 Å². The number of hydrogen-bond donors (Lipinski definition) is 1. The standard InChI is InChI=1S/C20H22O5/c1-14-6-4-5-7-16(14)10-11-25-19(21)9-8-15-12-17(23-2)20(22)18(13-15)24-3/h4-9,12-13,22H,10-11H2,1-3H3/b9-8+. The summed E-state index contributed by atoms with van der Waals surface area (Å²) in [6.45, 7) is 2.35. The fourth-order valence-corrected chi connectivity index (χ4v) is 2.37. The minimum atomic E-state index is -0.431. The van der Waals surface area contributed by atoms with E-state index in [1.54, 1.807) is 18.2 Å². The number of esters is 1. The van der Waals surface area contributed by atoms with E-state index in [9.17, 15) is 9.90 Å². The number of carbonyl (C=O) groups excluding carboxylic acids is 1. The molecule has 0 saturated heterocycles. The zero-order valence-electron chi connectivity index (χ0n) is 14.6. The Morgan fingerprint density at radius 1 is 1.12 bits per heavy atom. The van der Waals surface area contributed by atoms with Gasteiger partial charge < -0.3 is 19.3 Å². The van der Waals surface area contributed by atoms with Crippen LogP contribution < -0.4 is 9.47 Å². The van der Waals surface area contributed by atoms with Crippen molar-refractivity contribution in [3.05, 3.63) is 59.2 Å². The summed E-state index contributed by atoms with van der Waals surface area (Å²) < 4.78 is 15.4. The molecule has 0 aliphatic rings. The van der Waals surface area contributed by atoms with Crippen LogP contribution in [0.4, 0.5) is 0 Å². The van der Waals surface area contributed by atoms with Crippen LogP contribution in [0, 0.1) is 6.92 Å². The number of aromatic hydroxyl groups is 1. The van der Waals surface area contributed by atoms with Gasteiger partial charge in [-0.3, -0.25) is 0 Å². The molecule has 132 valence electrons. The molecule has 0 heterocycles. The fraction of sp³-hybridized carbons (Fsp3) is 0.250. The van der Waals surface area contributed by atoms with Crippen molar-refractivity contribution >= 4 is 12.0 Å². The average molecular weight is 342 g/mol. The van der Waals surface area contributed by atoms with Crippen LogP contribution in [0.5, 0.6) is 17.2 Å². The molecule has 2 rings (SSSR count). The van der Waals surface area contributed by atoms with Crippen LogP contribution in [0.2, 0.25) is 0 Å². The molecule has 0 atom stereocenters. The van der Waals surface area contributed by atoms with Gasteiger partial charge in [0.2, 0.25) is 5.75 Å². The van der Waals surface area contributed by atoms with E-state index in [0.29, 0.717) is 18.6 Å². The van der Waals surface area contributed by atoms with Gasteiger partial charge in [-0.1, -0.05) is 24.3 Å². The predicted octanol–water partition coefficient (Wildman–Crippen LogP) is 3.52. The molecule has 0 radical (unpaired) electrons. The van der Waals surface area contributed by atoms with Crippen molar-refractivity contribution in [2.45, 2.75) is 13.3 Å². The number of methoxy groups -OCH3 is 2.